The number of rotatable bonds is 4. The van der Waals surface area contributed by atoms with Gasteiger partial charge in [-0.2, -0.15) is 11.8 Å². The number of amides is 1. The van der Waals surface area contributed by atoms with Crippen molar-refractivity contribution >= 4 is 17.7 Å². The van der Waals surface area contributed by atoms with E-state index < -0.39 is 0 Å². The van der Waals surface area contributed by atoms with Crippen LogP contribution in [0.1, 0.15) is 39.5 Å². The molecule has 0 aromatic rings. The molecule has 2 atom stereocenters. The highest BCUT2D eigenvalue weighted by Gasteiger charge is 2.27. The lowest BCUT2D eigenvalue weighted by molar-refractivity contribution is -0.132. The van der Waals surface area contributed by atoms with Gasteiger partial charge in [-0.1, -0.05) is 13.8 Å². The summed E-state index contributed by atoms with van der Waals surface area (Å²) < 4.78 is 0. The first-order valence-electron chi connectivity index (χ1n) is 7.80. The minimum Gasteiger partial charge on any atom is -0.341 e. The number of carbonyl (C=O) groups excluding carboxylic acids is 1. The van der Waals surface area contributed by atoms with E-state index in [2.05, 4.69) is 24.1 Å². The Balaban J connectivity index is 1.79. The van der Waals surface area contributed by atoms with Crippen LogP contribution >= 0.6 is 11.8 Å². The largest absolute Gasteiger partial charge is 0.341 e. The van der Waals surface area contributed by atoms with Crippen LogP contribution in [0.15, 0.2) is 0 Å². The fourth-order valence-corrected chi connectivity index (χ4v) is 4.36. The number of thioether (sulfide) groups is 1. The fourth-order valence-electron chi connectivity index (χ4n) is 3.18. The summed E-state index contributed by atoms with van der Waals surface area (Å²) in [6.45, 7) is 8.67. The molecule has 2 saturated heterocycles. The molecule has 4 heteroatoms. The highest BCUT2D eigenvalue weighted by Crippen LogP contribution is 2.27. The van der Waals surface area contributed by atoms with Crippen molar-refractivity contribution in [2.24, 2.45) is 11.8 Å². The van der Waals surface area contributed by atoms with E-state index in [0.717, 1.165) is 44.3 Å². The van der Waals surface area contributed by atoms with Crippen molar-refractivity contribution in [1.82, 2.24) is 10.2 Å². The van der Waals surface area contributed by atoms with Crippen molar-refractivity contribution < 1.29 is 4.79 Å². The van der Waals surface area contributed by atoms with Gasteiger partial charge in [-0.25, -0.2) is 0 Å². The monoisotopic (exact) mass is 284 g/mol. The van der Waals surface area contributed by atoms with Crippen molar-refractivity contribution in [2.45, 2.75) is 44.8 Å². The number of piperidine rings is 1. The van der Waals surface area contributed by atoms with Crippen LogP contribution in [0.3, 0.4) is 0 Å². The molecular weight excluding hydrogens is 256 g/mol. The van der Waals surface area contributed by atoms with Gasteiger partial charge in [0.1, 0.15) is 0 Å². The van der Waals surface area contributed by atoms with Crippen LogP contribution in [0.4, 0.5) is 0 Å². The molecular formula is C15H28N2OS. The standard InChI is InChI=1S/C15H28N2OS/c1-3-14-11-17(8-9-19-14)15(18)10-12(2)13-4-6-16-7-5-13/h12-14,16H,3-11H2,1-2H3. The molecule has 2 unspecified atom stereocenters. The van der Waals surface area contributed by atoms with Crippen LogP contribution in [0.5, 0.6) is 0 Å². The summed E-state index contributed by atoms with van der Waals surface area (Å²) in [4.78, 5) is 14.5. The zero-order chi connectivity index (χ0) is 13.7. The van der Waals surface area contributed by atoms with Crippen LogP contribution in [-0.4, -0.2) is 48.0 Å². The van der Waals surface area contributed by atoms with Crippen molar-refractivity contribution in [3.63, 3.8) is 0 Å². The molecule has 3 nitrogen and oxygen atoms in total. The lowest BCUT2D eigenvalue weighted by atomic mass is 9.84. The number of hydrogen-bond donors (Lipinski definition) is 1. The number of nitrogens with zero attached hydrogens (tertiary/aromatic N) is 1. The van der Waals surface area contributed by atoms with Crippen LogP contribution in [0.25, 0.3) is 0 Å². The van der Waals surface area contributed by atoms with Crippen molar-refractivity contribution in [3.05, 3.63) is 0 Å². The van der Waals surface area contributed by atoms with Crippen LogP contribution < -0.4 is 5.32 Å². The molecule has 2 heterocycles. The maximum Gasteiger partial charge on any atom is 0.222 e. The smallest absolute Gasteiger partial charge is 0.222 e. The van der Waals surface area contributed by atoms with E-state index >= 15 is 0 Å². The van der Waals surface area contributed by atoms with Gasteiger partial charge in [0.2, 0.25) is 5.91 Å². The summed E-state index contributed by atoms with van der Waals surface area (Å²) in [5, 5.41) is 4.06. The van der Waals surface area contributed by atoms with E-state index in [-0.39, 0.29) is 0 Å². The van der Waals surface area contributed by atoms with Gasteiger partial charge >= 0.3 is 0 Å². The minimum atomic E-state index is 0.393. The zero-order valence-corrected chi connectivity index (χ0v) is 13.2. The Morgan fingerprint density at radius 3 is 2.84 bits per heavy atom. The van der Waals surface area contributed by atoms with E-state index in [1.54, 1.807) is 0 Å². The molecule has 0 bridgehead atoms. The highest BCUT2D eigenvalue weighted by molar-refractivity contribution is 8.00. The lowest BCUT2D eigenvalue weighted by Crippen LogP contribution is -2.43. The van der Waals surface area contributed by atoms with Gasteiger partial charge in [0.05, 0.1) is 0 Å². The molecule has 19 heavy (non-hydrogen) atoms. The first kappa shape index (κ1) is 15.2. The Bertz CT molecular complexity index is 292. The van der Waals surface area contributed by atoms with E-state index in [1.807, 2.05) is 11.8 Å². The van der Waals surface area contributed by atoms with Crippen LogP contribution in [-0.2, 0) is 4.79 Å². The summed E-state index contributed by atoms with van der Waals surface area (Å²) in [6.07, 6.45) is 4.41. The Kier molecular flexibility index (Phi) is 6.02. The number of carbonyl (C=O) groups is 1. The first-order valence-corrected chi connectivity index (χ1v) is 8.85. The fraction of sp³-hybridized carbons (Fsp3) is 0.933. The maximum absolute atomic E-state index is 12.4. The molecule has 110 valence electrons. The maximum atomic E-state index is 12.4. The van der Waals surface area contributed by atoms with Crippen LogP contribution in [0, 0.1) is 11.8 Å². The molecule has 0 saturated carbocycles. The predicted molar refractivity (Wildman–Crippen MR) is 82.5 cm³/mol. The Morgan fingerprint density at radius 2 is 2.16 bits per heavy atom. The second-order valence-electron chi connectivity index (χ2n) is 6.01. The van der Waals surface area contributed by atoms with Gasteiger partial charge in [-0.15, -0.1) is 0 Å². The van der Waals surface area contributed by atoms with E-state index in [1.165, 1.54) is 19.3 Å². The van der Waals surface area contributed by atoms with Crippen molar-refractivity contribution in [2.75, 3.05) is 31.9 Å². The van der Waals surface area contributed by atoms with Crippen molar-refractivity contribution in [3.8, 4) is 0 Å². The van der Waals surface area contributed by atoms with E-state index in [9.17, 15) is 4.79 Å². The van der Waals surface area contributed by atoms with Gasteiger partial charge in [-0.3, -0.25) is 4.79 Å². The number of nitrogens with one attached hydrogen (secondary N) is 1. The van der Waals surface area contributed by atoms with Gasteiger partial charge in [0.15, 0.2) is 0 Å². The first-order chi connectivity index (χ1) is 9.20. The molecule has 0 aromatic carbocycles. The third-order valence-corrected chi connectivity index (χ3v) is 6.00. The molecule has 2 aliphatic heterocycles. The normalized spacial score (nSPS) is 27.3. The SMILES string of the molecule is CCC1CN(C(=O)CC(C)C2CCNCC2)CCS1. The van der Waals surface area contributed by atoms with Gasteiger partial charge in [0.25, 0.3) is 0 Å². The van der Waals surface area contributed by atoms with Crippen molar-refractivity contribution in [1.29, 1.82) is 0 Å². The summed E-state index contributed by atoms with van der Waals surface area (Å²) in [5.74, 6) is 2.80. The lowest BCUT2D eigenvalue weighted by Gasteiger charge is -2.34. The average molecular weight is 284 g/mol. The molecule has 0 aliphatic carbocycles. The molecule has 0 spiro atoms. The second kappa shape index (κ2) is 7.53. The average Bonchev–Trinajstić information content (AvgIpc) is 2.48. The predicted octanol–water partition coefficient (Wildman–Crippen LogP) is 2.37. The van der Waals surface area contributed by atoms with Gasteiger partial charge < -0.3 is 10.2 Å². The Hall–Kier alpha value is -0.220. The van der Waals surface area contributed by atoms with Gasteiger partial charge in [-0.05, 0) is 44.2 Å². The van der Waals surface area contributed by atoms with E-state index in [4.69, 9.17) is 0 Å². The summed E-state index contributed by atoms with van der Waals surface area (Å²) >= 11 is 2.03. The minimum absolute atomic E-state index is 0.393. The Morgan fingerprint density at radius 1 is 1.42 bits per heavy atom. The Labute approximate surface area is 121 Å². The topological polar surface area (TPSA) is 32.3 Å². The molecule has 0 aromatic heterocycles. The summed E-state index contributed by atoms with van der Waals surface area (Å²) in [6, 6.07) is 0. The summed E-state index contributed by atoms with van der Waals surface area (Å²) in [5.41, 5.74) is 0. The van der Waals surface area contributed by atoms with E-state index in [0.29, 0.717) is 17.1 Å². The molecule has 1 amide bonds. The van der Waals surface area contributed by atoms with Gasteiger partial charge in [0, 0.05) is 30.5 Å². The quantitative estimate of drug-likeness (QED) is 0.860. The summed E-state index contributed by atoms with van der Waals surface area (Å²) in [7, 11) is 0. The third kappa shape index (κ3) is 4.38. The molecule has 0 radical (unpaired) electrons. The molecule has 2 aliphatic rings. The third-order valence-electron chi connectivity index (χ3n) is 4.63. The zero-order valence-electron chi connectivity index (χ0n) is 12.4. The van der Waals surface area contributed by atoms with Crippen LogP contribution in [0.2, 0.25) is 0 Å². The molecule has 2 fully saturated rings. The number of hydrogen-bond acceptors (Lipinski definition) is 3. The molecule has 1 N–H and O–H groups in total. The second-order valence-corrected chi connectivity index (χ2v) is 7.42. The molecule has 2 rings (SSSR count). The highest BCUT2D eigenvalue weighted by atomic mass is 32.2.